The van der Waals surface area contributed by atoms with E-state index in [-0.39, 0.29) is 18.2 Å². The van der Waals surface area contributed by atoms with Crippen molar-refractivity contribution in [2.24, 2.45) is 5.92 Å². The molecule has 0 heterocycles. The van der Waals surface area contributed by atoms with Crippen LogP contribution in [-0.4, -0.2) is 39.7 Å². The van der Waals surface area contributed by atoms with Crippen molar-refractivity contribution in [3.05, 3.63) is 48.0 Å². The lowest BCUT2D eigenvalue weighted by Crippen LogP contribution is -2.61. The van der Waals surface area contributed by atoms with Gasteiger partial charge in [-0.15, -0.1) is 0 Å². The van der Waals surface area contributed by atoms with Crippen LogP contribution in [0.2, 0.25) is 0 Å². The first-order chi connectivity index (χ1) is 14.7. The highest BCUT2D eigenvalue weighted by atomic mass is 32.1. The summed E-state index contributed by atoms with van der Waals surface area (Å²) in [7, 11) is 0. The molecule has 6 nitrogen and oxygen atoms in total. The van der Waals surface area contributed by atoms with Crippen LogP contribution < -0.4 is 10.6 Å². The molecule has 2 aromatic carbocycles. The average Bonchev–Trinajstić information content (AvgIpc) is 3.22. The minimum absolute atomic E-state index is 0.0181. The molecule has 0 radical (unpaired) electrons. The summed E-state index contributed by atoms with van der Waals surface area (Å²) in [4.78, 5) is 37.7. The number of fused-ring (bicyclic) bond motifs is 1. The van der Waals surface area contributed by atoms with Crippen LogP contribution in [0.25, 0.3) is 10.8 Å². The van der Waals surface area contributed by atoms with Crippen molar-refractivity contribution < 1.29 is 19.5 Å². The third kappa shape index (κ3) is 5.39. The third-order valence-corrected chi connectivity index (χ3v) is 6.84. The summed E-state index contributed by atoms with van der Waals surface area (Å²) in [5.41, 5.74) is -0.254. The van der Waals surface area contributed by atoms with Crippen molar-refractivity contribution in [3.63, 3.8) is 0 Å². The van der Waals surface area contributed by atoms with E-state index >= 15 is 0 Å². The van der Waals surface area contributed by atoms with Gasteiger partial charge < -0.3 is 15.7 Å². The van der Waals surface area contributed by atoms with Crippen molar-refractivity contribution >= 4 is 41.2 Å². The molecule has 166 valence electrons. The van der Waals surface area contributed by atoms with Crippen molar-refractivity contribution in [3.8, 4) is 0 Å². The Morgan fingerprint density at radius 3 is 2.32 bits per heavy atom. The van der Waals surface area contributed by atoms with Gasteiger partial charge in [-0.2, -0.15) is 12.6 Å². The van der Waals surface area contributed by atoms with Crippen LogP contribution in [0.1, 0.15) is 45.1 Å². The van der Waals surface area contributed by atoms with Gasteiger partial charge in [-0.3, -0.25) is 9.59 Å². The quantitative estimate of drug-likeness (QED) is 0.472. The molecule has 0 aromatic heterocycles. The van der Waals surface area contributed by atoms with Crippen molar-refractivity contribution in [2.75, 3.05) is 0 Å². The molecular weight excluding hydrogens is 412 g/mol. The second kappa shape index (κ2) is 9.73. The summed E-state index contributed by atoms with van der Waals surface area (Å²) < 4.78 is 0. The lowest BCUT2D eigenvalue weighted by atomic mass is 9.94. The van der Waals surface area contributed by atoms with Crippen LogP contribution >= 0.6 is 12.6 Å². The summed E-state index contributed by atoms with van der Waals surface area (Å²) in [5.74, 6) is -1.81. The molecule has 1 aliphatic carbocycles. The number of carboxylic acid groups (broad SMARTS) is 1. The number of hydrogen-bond donors (Lipinski definition) is 4. The Balaban J connectivity index is 1.76. The van der Waals surface area contributed by atoms with Crippen molar-refractivity contribution in [1.82, 2.24) is 10.6 Å². The zero-order valence-electron chi connectivity index (χ0n) is 17.9. The molecule has 2 atom stereocenters. The molecule has 2 aromatic rings. The lowest BCUT2D eigenvalue weighted by molar-refractivity contribution is -0.143. The van der Waals surface area contributed by atoms with E-state index in [0.717, 1.165) is 29.2 Å². The Morgan fingerprint density at radius 2 is 1.71 bits per heavy atom. The van der Waals surface area contributed by atoms with Gasteiger partial charge in [0.05, 0.1) is 5.25 Å². The summed E-state index contributed by atoms with van der Waals surface area (Å²) in [6.45, 7) is 3.78. The minimum atomic E-state index is -1.10. The molecular formula is C24H30N2O4S. The van der Waals surface area contributed by atoms with Crippen LogP contribution in [0.3, 0.4) is 0 Å². The molecule has 0 aliphatic heterocycles. The average molecular weight is 443 g/mol. The number of rotatable bonds is 8. The van der Waals surface area contributed by atoms with Gasteiger partial charge in [0.1, 0.15) is 11.6 Å². The van der Waals surface area contributed by atoms with E-state index in [1.165, 1.54) is 0 Å². The van der Waals surface area contributed by atoms with Gasteiger partial charge in [0, 0.05) is 6.42 Å². The second-order valence-corrected chi connectivity index (χ2v) is 9.27. The molecule has 0 spiro atoms. The number of carbonyl (C=O) groups excluding carboxylic acids is 2. The summed E-state index contributed by atoms with van der Waals surface area (Å²) >= 11 is 4.36. The standard InChI is InChI=1S/C24H30N2O4S/c1-15(2)20(31)21(27)26-24(11-5-6-12-24)23(30)25-19(22(28)29)14-16-9-10-17-7-3-4-8-18(17)13-16/h3-4,7-10,13,15,19-20,31H,5-6,11-12,14H2,1-2H3,(H,25,30)(H,26,27)(H,28,29)/t19?,20-/m0/s1. The minimum Gasteiger partial charge on any atom is -0.480 e. The number of benzene rings is 2. The van der Waals surface area contributed by atoms with Crippen LogP contribution in [0.15, 0.2) is 42.5 Å². The first-order valence-corrected chi connectivity index (χ1v) is 11.2. The topological polar surface area (TPSA) is 95.5 Å². The molecule has 0 bridgehead atoms. The van der Waals surface area contributed by atoms with Crippen LogP contribution in [0, 0.1) is 5.92 Å². The molecule has 1 unspecified atom stereocenters. The zero-order valence-corrected chi connectivity index (χ0v) is 18.8. The van der Waals surface area contributed by atoms with E-state index in [9.17, 15) is 19.5 Å². The number of hydrogen-bond acceptors (Lipinski definition) is 4. The summed E-state index contributed by atoms with van der Waals surface area (Å²) in [6.07, 6.45) is 2.75. The summed E-state index contributed by atoms with van der Waals surface area (Å²) in [5, 5.41) is 16.9. The predicted molar refractivity (Wildman–Crippen MR) is 124 cm³/mol. The van der Waals surface area contributed by atoms with Gasteiger partial charge in [0.2, 0.25) is 11.8 Å². The van der Waals surface area contributed by atoms with Gasteiger partial charge in [-0.05, 0) is 35.1 Å². The first kappa shape index (κ1) is 23.1. The molecule has 31 heavy (non-hydrogen) atoms. The Labute approximate surface area is 188 Å². The Morgan fingerprint density at radius 1 is 1.06 bits per heavy atom. The zero-order chi connectivity index (χ0) is 22.6. The van der Waals surface area contributed by atoms with Gasteiger partial charge >= 0.3 is 5.97 Å². The maximum atomic E-state index is 13.2. The highest BCUT2D eigenvalue weighted by molar-refractivity contribution is 7.81. The second-order valence-electron chi connectivity index (χ2n) is 8.72. The number of aliphatic carboxylic acids is 1. The van der Waals surface area contributed by atoms with E-state index in [2.05, 4.69) is 23.3 Å². The largest absolute Gasteiger partial charge is 0.480 e. The SMILES string of the molecule is CC(C)[C@H](S)C(=O)NC1(C(=O)NC(Cc2ccc3ccccc3c2)C(=O)O)CCCC1. The number of thiol groups is 1. The third-order valence-electron chi connectivity index (χ3n) is 6.01. The highest BCUT2D eigenvalue weighted by Gasteiger charge is 2.44. The smallest absolute Gasteiger partial charge is 0.326 e. The van der Waals surface area contributed by atoms with Gasteiger partial charge in [-0.1, -0.05) is 69.2 Å². The first-order valence-electron chi connectivity index (χ1n) is 10.7. The fourth-order valence-electron chi connectivity index (χ4n) is 4.10. The molecule has 1 fully saturated rings. The number of carboxylic acids is 1. The van der Waals surface area contributed by atoms with E-state index in [1.54, 1.807) is 0 Å². The normalized spacial score (nSPS) is 17.3. The van der Waals surface area contributed by atoms with E-state index < -0.39 is 28.7 Å². The molecule has 3 rings (SSSR count). The summed E-state index contributed by atoms with van der Waals surface area (Å²) in [6, 6.07) is 12.5. The highest BCUT2D eigenvalue weighted by Crippen LogP contribution is 2.31. The number of carbonyl (C=O) groups is 3. The fraction of sp³-hybridized carbons (Fsp3) is 0.458. The molecule has 1 saturated carbocycles. The van der Waals surface area contributed by atoms with Crippen LogP contribution in [-0.2, 0) is 20.8 Å². The Hall–Kier alpha value is -2.54. The Bertz CT molecular complexity index is 969. The van der Waals surface area contributed by atoms with Crippen LogP contribution in [0.5, 0.6) is 0 Å². The number of amides is 2. The molecule has 3 N–H and O–H groups in total. The fourth-order valence-corrected chi connectivity index (χ4v) is 4.16. The van der Waals surface area contributed by atoms with E-state index in [1.807, 2.05) is 56.3 Å². The monoisotopic (exact) mass is 442 g/mol. The van der Waals surface area contributed by atoms with Gasteiger partial charge in [-0.25, -0.2) is 4.79 Å². The maximum Gasteiger partial charge on any atom is 0.326 e. The van der Waals surface area contributed by atoms with Crippen LogP contribution in [0.4, 0.5) is 0 Å². The van der Waals surface area contributed by atoms with E-state index in [0.29, 0.717) is 12.8 Å². The Kier molecular flexibility index (Phi) is 7.26. The van der Waals surface area contributed by atoms with Gasteiger partial charge in [0.25, 0.3) is 0 Å². The van der Waals surface area contributed by atoms with E-state index in [4.69, 9.17) is 0 Å². The molecule has 0 saturated heterocycles. The lowest BCUT2D eigenvalue weighted by Gasteiger charge is -2.32. The molecule has 2 amide bonds. The van der Waals surface area contributed by atoms with Gasteiger partial charge in [0.15, 0.2) is 0 Å². The molecule has 1 aliphatic rings. The predicted octanol–water partition coefficient (Wildman–Crippen LogP) is 3.34. The molecule has 7 heteroatoms. The van der Waals surface area contributed by atoms with Crippen molar-refractivity contribution in [2.45, 2.75) is 62.8 Å². The van der Waals surface area contributed by atoms with Crippen molar-refractivity contribution in [1.29, 1.82) is 0 Å². The number of nitrogens with one attached hydrogen (secondary N) is 2. The maximum absolute atomic E-state index is 13.2.